The number of rotatable bonds is 5. The third-order valence-corrected chi connectivity index (χ3v) is 1.81. The van der Waals surface area contributed by atoms with Crippen molar-refractivity contribution in [2.75, 3.05) is 6.54 Å². The monoisotopic (exact) mass is 269 g/mol. The van der Waals surface area contributed by atoms with Gasteiger partial charge in [0.25, 0.3) is 0 Å². The van der Waals surface area contributed by atoms with Crippen LogP contribution in [0.15, 0.2) is 17.5 Å². The lowest BCUT2D eigenvalue weighted by Gasteiger charge is -2.11. The zero-order chi connectivity index (χ0) is 8.69. The third kappa shape index (κ3) is 5.17. The summed E-state index contributed by atoms with van der Waals surface area (Å²) in [6, 6.07) is 0. The van der Waals surface area contributed by atoms with Crippen LogP contribution in [0.1, 0.15) is 13.8 Å². The number of nitrogens with zero attached hydrogens (tertiary/aromatic N) is 1. The average Bonchev–Trinajstić information content (AvgIpc) is 1.97. The second kappa shape index (κ2) is 6.57. The highest BCUT2D eigenvalue weighted by Crippen LogP contribution is 2.13. The lowest BCUT2D eigenvalue weighted by Crippen LogP contribution is -2.08. The molecule has 3 nitrogen and oxygen atoms in total. The van der Waals surface area contributed by atoms with Gasteiger partial charge in [-0.3, -0.25) is 0 Å². The molecule has 0 saturated heterocycles. The van der Waals surface area contributed by atoms with Gasteiger partial charge in [-0.1, -0.05) is 19.0 Å². The molecule has 0 aliphatic carbocycles. The van der Waals surface area contributed by atoms with Crippen LogP contribution in [0, 0.1) is 16.7 Å². The van der Waals surface area contributed by atoms with Gasteiger partial charge in [-0.25, -0.2) is 0 Å². The Labute approximate surface area is 80.9 Å². The third-order valence-electron chi connectivity index (χ3n) is 1.52. The van der Waals surface area contributed by atoms with E-state index in [2.05, 4.69) is 5.18 Å². The first kappa shape index (κ1) is 10.9. The SMILES string of the molecule is CC(C)C(/C=C\OI)CN=O. The molecule has 0 radical (unpaired) electrons. The molecule has 0 fully saturated rings. The Morgan fingerprint density at radius 3 is 2.64 bits per heavy atom. The van der Waals surface area contributed by atoms with Gasteiger partial charge in [-0.15, -0.1) is 0 Å². The molecule has 64 valence electrons. The van der Waals surface area contributed by atoms with E-state index < -0.39 is 0 Å². The molecule has 0 heterocycles. The highest BCUT2D eigenvalue weighted by atomic mass is 127. The maximum Gasteiger partial charge on any atom is 0.191 e. The molecular formula is C7H12INO2. The Balaban J connectivity index is 3.88. The maximum absolute atomic E-state index is 9.96. The Morgan fingerprint density at radius 1 is 1.64 bits per heavy atom. The molecule has 11 heavy (non-hydrogen) atoms. The zero-order valence-corrected chi connectivity index (χ0v) is 8.82. The molecule has 0 amide bonds. The van der Waals surface area contributed by atoms with E-state index in [9.17, 15) is 4.91 Å². The van der Waals surface area contributed by atoms with Crippen molar-refractivity contribution in [3.05, 3.63) is 17.2 Å². The smallest absolute Gasteiger partial charge is 0.191 e. The fourth-order valence-electron chi connectivity index (χ4n) is 0.711. The zero-order valence-electron chi connectivity index (χ0n) is 6.66. The molecule has 4 heteroatoms. The normalized spacial score (nSPS) is 13.8. The van der Waals surface area contributed by atoms with E-state index in [1.165, 1.54) is 0 Å². The number of hydrogen-bond donors (Lipinski definition) is 0. The summed E-state index contributed by atoms with van der Waals surface area (Å²) >= 11 is 1.78. The molecule has 0 aromatic carbocycles. The minimum Gasteiger partial charge on any atom is -0.436 e. The Hall–Kier alpha value is -0.130. The molecular weight excluding hydrogens is 257 g/mol. The van der Waals surface area contributed by atoms with E-state index in [-0.39, 0.29) is 5.92 Å². The van der Waals surface area contributed by atoms with Gasteiger partial charge in [0.1, 0.15) is 0 Å². The molecule has 0 bridgehead atoms. The quantitative estimate of drug-likeness (QED) is 0.437. The molecule has 0 aromatic rings. The van der Waals surface area contributed by atoms with Crippen molar-refractivity contribution in [1.82, 2.24) is 0 Å². The van der Waals surface area contributed by atoms with Gasteiger partial charge in [-0.05, 0) is 12.0 Å². The van der Waals surface area contributed by atoms with Gasteiger partial charge in [-0.2, -0.15) is 4.91 Å². The number of nitroso groups, excluding NO2 is 1. The fourth-order valence-corrected chi connectivity index (χ4v) is 0.880. The standard InChI is InChI=1S/C7H12INO2/c1-6(2)7(5-9-10)3-4-11-8/h3-4,6-7H,5H2,1-2H3/b4-3-. The van der Waals surface area contributed by atoms with E-state index in [0.29, 0.717) is 12.5 Å². The van der Waals surface area contributed by atoms with Crippen LogP contribution in [0.4, 0.5) is 0 Å². The summed E-state index contributed by atoms with van der Waals surface area (Å²) in [4.78, 5) is 9.96. The molecule has 1 unspecified atom stereocenters. The Morgan fingerprint density at radius 2 is 2.27 bits per heavy atom. The summed E-state index contributed by atoms with van der Waals surface area (Å²) in [7, 11) is 0. The summed E-state index contributed by atoms with van der Waals surface area (Å²) in [5, 5.41) is 2.85. The van der Waals surface area contributed by atoms with Gasteiger partial charge in [0, 0.05) is 5.92 Å². The Kier molecular flexibility index (Phi) is 6.49. The minimum absolute atomic E-state index is 0.197. The number of halogens is 1. The largest absolute Gasteiger partial charge is 0.436 e. The first-order valence-corrected chi connectivity index (χ1v) is 4.33. The molecule has 0 aliphatic heterocycles. The van der Waals surface area contributed by atoms with Crippen LogP contribution in [0.5, 0.6) is 0 Å². The molecule has 0 aliphatic rings. The van der Waals surface area contributed by atoms with Crippen LogP contribution in [0.25, 0.3) is 0 Å². The first-order chi connectivity index (χ1) is 5.22. The topological polar surface area (TPSA) is 38.7 Å². The van der Waals surface area contributed by atoms with Crippen LogP contribution < -0.4 is 0 Å². The highest BCUT2D eigenvalue weighted by molar-refractivity contribution is 14.1. The van der Waals surface area contributed by atoms with Crippen molar-refractivity contribution in [1.29, 1.82) is 0 Å². The lowest BCUT2D eigenvalue weighted by molar-refractivity contribution is 0.465. The second-order valence-corrected chi connectivity index (χ2v) is 3.15. The van der Waals surface area contributed by atoms with Gasteiger partial charge < -0.3 is 3.07 Å². The second-order valence-electron chi connectivity index (χ2n) is 2.64. The van der Waals surface area contributed by atoms with Gasteiger partial charge in [0.15, 0.2) is 23.0 Å². The number of hydrogen-bond acceptors (Lipinski definition) is 3. The summed E-state index contributed by atoms with van der Waals surface area (Å²) in [6.45, 7) is 4.43. The van der Waals surface area contributed by atoms with E-state index >= 15 is 0 Å². The van der Waals surface area contributed by atoms with Crippen molar-refractivity contribution in [3.63, 3.8) is 0 Å². The van der Waals surface area contributed by atoms with Crippen LogP contribution in [0.2, 0.25) is 0 Å². The first-order valence-electron chi connectivity index (χ1n) is 3.45. The van der Waals surface area contributed by atoms with Gasteiger partial charge in [0.2, 0.25) is 0 Å². The van der Waals surface area contributed by atoms with E-state index in [1.54, 1.807) is 29.3 Å². The van der Waals surface area contributed by atoms with E-state index in [4.69, 9.17) is 3.07 Å². The predicted molar refractivity (Wildman–Crippen MR) is 53.2 cm³/mol. The van der Waals surface area contributed by atoms with Crippen molar-refractivity contribution < 1.29 is 3.07 Å². The van der Waals surface area contributed by atoms with Crippen molar-refractivity contribution in [2.45, 2.75) is 13.8 Å². The summed E-state index contributed by atoms with van der Waals surface area (Å²) in [5.41, 5.74) is 0. The van der Waals surface area contributed by atoms with Crippen LogP contribution >= 0.6 is 23.0 Å². The summed E-state index contributed by atoms with van der Waals surface area (Å²) in [5.74, 6) is 0.623. The summed E-state index contributed by atoms with van der Waals surface area (Å²) < 4.78 is 4.71. The maximum atomic E-state index is 9.96. The predicted octanol–water partition coefficient (Wildman–Crippen LogP) is 2.91. The van der Waals surface area contributed by atoms with Crippen LogP contribution in [-0.4, -0.2) is 6.54 Å². The Bertz CT molecular complexity index is 136. The molecule has 0 aromatic heterocycles. The van der Waals surface area contributed by atoms with Gasteiger partial charge in [0.05, 0.1) is 12.8 Å². The van der Waals surface area contributed by atoms with Crippen LogP contribution in [0.3, 0.4) is 0 Å². The highest BCUT2D eigenvalue weighted by Gasteiger charge is 2.09. The van der Waals surface area contributed by atoms with E-state index in [0.717, 1.165) is 0 Å². The minimum atomic E-state index is 0.197. The van der Waals surface area contributed by atoms with Gasteiger partial charge >= 0.3 is 0 Å². The van der Waals surface area contributed by atoms with Crippen molar-refractivity contribution in [2.24, 2.45) is 17.0 Å². The average molecular weight is 269 g/mol. The lowest BCUT2D eigenvalue weighted by atomic mass is 9.96. The van der Waals surface area contributed by atoms with Crippen LogP contribution in [-0.2, 0) is 3.07 Å². The molecule has 0 rings (SSSR count). The fraction of sp³-hybridized carbons (Fsp3) is 0.714. The molecule has 0 N–H and O–H groups in total. The van der Waals surface area contributed by atoms with Crippen molar-refractivity contribution in [3.8, 4) is 0 Å². The van der Waals surface area contributed by atoms with Crippen molar-refractivity contribution >= 4 is 23.0 Å². The van der Waals surface area contributed by atoms with E-state index in [1.807, 2.05) is 19.9 Å². The molecule has 0 saturated carbocycles. The summed E-state index contributed by atoms with van der Waals surface area (Å²) in [6.07, 6.45) is 3.44. The molecule has 0 spiro atoms. The molecule has 1 atom stereocenters.